The Hall–Kier alpha value is -8.09. The van der Waals surface area contributed by atoms with Crippen LogP contribution in [-0.2, 0) is 0 Å². The second-order valence-corrected chi connectivity index (χ2v) is 22.1. The molecule has 13 heterocycles. The summed E-state index contributed by atoms with van der Waals surface area (Å²) >= 11 is 6.41. The summed E-state index contributed by atoms with van der Waals surface area (Å²) in [5.74, 6) is 0. The van der Waals surface area contributed by atoms with E-state index in [0.29, 0.717) is 0 Å². The van der Waals surface area contributed by atoms with E-state index in [1.807, 2.05) is 146 Å². The summed E-state index contributed by atoms with van der Waals surface area (Å²) in [6.07, 6.45) is 3.61. The Morgan fingerprint density at radius 2 is 0.405 bits per heavy atom. The Balaban J connectivity index is 0.928. The van der Waals surface area contributed by atoms with E-state index < -0.39 is 0 Å². The molecule has 0 amide bonds. The molecule has 17 heteroatoms. The maximum atomic E-state index is 5.43. The SMILES string of the molecule is Cc1nc2c(-c3ccccn3)sc(-c3cccc(-c4sc(-c5cccc(-c6sc(-c7cccc(-c8sc(-c9ccccn9)c9nc(C)c(C)nc89)n7)c7nc(C)c(C)nc67)n5)c5nc(C)c(C)nc45)n3)c2nc1C. The summed E-state index contributed by atoms with van der Waals surface area (Å²) in [4.78, 5) is 73.8. The van der Waals surface area contributed by atoms with Crippen LogP contribution in [0, 0.1) is 55.4 Å². The van der Waals surface area contributed by atoms with Gasteiger partial charge in [-0.05, 0) is 116 Å². The number of rotatable bonds is 8. The Morgan fingerprint density at radius 1 is 0.216 bits per heavy atom. The normalized spacial score (nSPS) is 11.8. The number of fused-ring (bicyclic) bond motifs is 4. The smallest absolute Gasteiger partial charge is 0.110 e. The molecule has 0 bridgehead atoms. The lowest BCUT2D eigenvalue weighted by atomic mass is 10.1. The first kappa shape index (κ1) is 45.7. The molecule has 0 atom stereocenters. The molecular weight excluding hydrogens is 995 g/mol. The third-order valence-electron chi connectivity index (χ3n) is 13.2. The van der Waals surface area contributed by atoms with Crippen molar-refractivity contribution < 1.29 is 0 Å². The molecule has 0 saturated carbocycles. The van der Waals surface area contributed by atoms with Crippen molar-refractivity contribution >= 4 is 89.5 Å². The molecule has 13 aromatic rings. The van der Waals surface area contributed by atoms with Crippen molar-refractivity contribution in [1.82, 2.24) is 64.8 Å². The van der Waals surface area contributed by atoms with Gasteiger partial charge in [0.2, 0.25) is 0 Å². The molecule has 0 saturated heterocycles. The second-order valence-electron chi connectivity index (χ2n) is 18.1. The van der Waals surface area contributed by atoms with Crippen LogP contribution in [0.3, 0.4) is 0 Å². The number of thiophene rings is 4. The van der Waals surface area contributed by atoms with E-state index in [1.54, 1.807) is 57.7 Å². The van der Waals surface area contributed by atoms with Crippen LogP contribution in [-0.4, -0.2) is 64.8 Å². The molecule has 0 aliphatic carbocycles. The molecule has 0 unspecified atom stereocenters. The summed E-state index contributed by atoms with van der Waals surface area (Å²) in [6.45, 7) is 16.0. The predicted molar refractivity (Wildman–Crippen MR) is 301 cm³/mol. The van der Waals surface area contributed by atoms with Gasteiger partial charge in [0, 0.05) is 12.4 Å². The standard InChI is InChI=1S/C57H41N13S4/c1-26-28(3)62-44-42(60-26)50(34-16-9-11-24-58-34)71-52(44)36-18-13-20-38(68-36)54-46-48(66-32(7)30(5)64-46)56(73-54)40-22-15-23-41(70-40)57-49-47(65-31(6)33(8)67-49)55(74-57)39-21-14-19-37(69-39)53-45-43(61-27(2)29(4)63-45)51(72-53)35-17-10-12-25-59-35/h9-25H,1-8H3. The van der Waals surface area contributed by atoms with Crippen molar-refractivity contribution in [3.05, 3.63) is 149 Å². The van der Waals surface area contributed by atoms with Gasteiger partial charge in [0.05, 0.1) is 130 Å². The third-order valence-corrected chi connectivity index (χ3v) is 18.1. The highest BCUT2D eigenvalue weighted by atomic mass is 32.1. The van der Waals surface area contributed by atoms with Crippen LogP contribution in [0.15, 0.2) is 103 Å². The molecule has 0 radical (unpaired) electrons. The van der Waals surface area contributed by atoms with Crippen molar-refractivity contribution in [2.24, 2.45) is 0 Å². The number of nitrogens with zero attached hydrogens (tertiary/aromatic N) is 13. The quantitative estimate of drug-likeness (QED) is 0.141. The van der Waals surface area contributed by atoms with E-state index in [4.69, 9.17) is 64.8 Å². The average Bonchev–Trinajstić information content (AvgIpc) is 4.19. The number of hydrogen-bond donors (Lipinski definition) is 0. The molecule has 0 N–H and O–H groups in total. The molecule has 13 rings (SSSR count). The average molecular weight is 1040 g/mol. The lowest BCUT2D eigenvalue weighted by Gasteiger charge is -2.05. The maximum absolute atomic E-state index is 5.43. The van der Waals surface area contributed by atoms with E-state index in [2.05, 4.69) is 0 Å². The number of pyridine rings is 5. The second kappa shape index (κ2) is 17.8. The van der Waals surface area contributed by atoms with Gasteiger partial charge >= 0.3 is 0 Å². The van der Waals surface area contributed by atoms with Crippen molar-refractivity contribution in [3.63, 3.8) is 0 Å². The fraction of sp³-hybridized carbons (Fsp3) is 0.140. The van der Waals surface area contributed by atoms with Gasteiger partial charge in [-0.15, -0.1) is 45.3 Å². The number of hydrogen-bond acceptors (Lipinski definition) is 17. The highest BCUT2D eigenvalue weighted by Gasteiger charge is 2.27. The molecule has 0 aromatic carbocycles. The largest absolute Gasteiger partial charge is 0.255 e. The van der Waals surface area contributed by atoms with E-state index in [1.165, 1.54) is 0 Å². The van der Waals surface area contributed by atoms with Gasteiger partial charge < -0.3 is 0 Å². The van der Waals surface area contributed by atoms with Gasteiger partial charge in [0.1, 0.15) is 44.1 Å². The highest BCUT2D eigenvalue weighted by molar-refractivity contribution is 7.22. The van der Waals surface area contributed by atoms with Gasteiger partial charge in [0.25, 0.3) is 0 Å². The van der Waals surface area contributed by atoms with Gasteiger partial charge in [-0.2, -0.15) is 0 Å². The van der Waals surface area contributed by atoms with E-state index in [9.17, 15) is 0 Å². The molecule has 0 fully saturated rings. The summed E-state index contributed by atoms with van der Waals surface area (Å²) in [6, 6.07) is 30.2. The fourth-order valence-electron chi connectivity index (χ4n) is 8.92. The number of aromatic nitrogens is 13. The fourth-order valence-corrected chi connectivity index (χ4v) is 13.4. The monoisotopic (exact) mass is 1040 g/mol. The van der Waals surface area contributed by atoms with Crippen LogP contribution in [0.4, 0.5) is 0 Å². The van der Waals surface area contributed by atoms with Crippen LogP contribution in [0.5, 0.6) is 0 Å². The van der Waals surface area contributed by atoms with Crippen LogP contribution in [0.2, 0.25) is 0 Å². The minimum atomic E-state index is 0.766. The van der Waals surface area contributed by atoms with Gasteiger partial charge in [0.15, 0.2) is 0 Å². The summed E-state index contributed by atoms with van der Waals surface area (Å²) in [5.41, 5.74) is 19.6. The summed E-state index contributed by atoms with van der Waals surface area (Å²) in [7, 11) is 0. The first-order valence-corrected chi connectivity index (χ1v) is 27.1. The van der Waals surface area contributed by atoms with Crippen LogP contribution in [0.25, 0.3) is 129 Å². The lowest BCUT2D eigenvalue weighted by Crippen LogP contribution is -1.95. The van der Waals surface area contributed by atoms with Crippen LogP contribution >= 0.6 is 45.3 Å². The first-order valence-electron chi connectivity index (χ1n) is 23.8. The molecule has 13 nitrogen and oxygen atoms in total. The molecular formula is C57H41N13S4. The zero-order chi connectivity index (χ0) is 50.5. The van der Waals surface area contributed by atoms with Crippen molar-refractivity contribution in [3.8, 4) is 84.6 Å². The maximum Gasteiger partial charge on any atom is 0.110 e. The minimum Gasteiger partial charge on any atom is -0.255 e. The molecule has 74 heavy (non-hydrogen) atoms. The molecule has 0 spiro atoms. The van der Waals surface area contributed by atoms with Gasteiger partial charge in [-0.1, -0.05) is 30.3 Å². The van der Waals surface area contributed by atoms with E-state index in [-0.39, 0.29) is 0 Å². The Kier molecular flexibility index (Phi) is 11.0. The van der Waals surface area contributed by atoms with E-state index >= 15 is 0 Å². The highest BCUT2D eigenvalue weighted by Crippen LogP contribution is 2.48. The van der Waals surface area contributed by atoms with Gasteiger partial charge in [-0.25, -0.2) is 54.8 Å². The predicted octanol–water partition coefficient (Wildman–Crippen LogP) is 14.5. The zero-order valence-electron chi connectivity index (χ0n) is 41.3. The lowest BCUT2D eigenvalue weighted by molar-refractivity contribution is 1.10. The Bertz CT molecular complexity index is 4150. The first-order chi connectivity index (χ1) is 35.9. The van der Waals surface area contributed by atoms with Crippen molar-refractivity contribution in [1.29, 1.82) is 0 Å². The van der Waals surface area contributed by atoms with E-state index in [0.717, 1.165) is 174 Å². The zero-order valence-corrected chi connectivity index (χ0v) is 44.5. The topological polar surface area (TPSA) is 168 Å². The molecule has 358 valence electrons. The minimum absolute atomic E-state index is 0.766. The van der Waals surface area contributed by atoms with Crippen LogP contribution in [0.1, 0.15) is 45.6 Å². The Labute approximate surface area is 440 Å². The number of aryl methyl sites for hydroxylation is 8. The van der Waals surface area contributed by atoms with Gasteiger partial charge in [-0.3, -0.25) is 9.97 Å². The molecule has 13 aromatic heterocycles. The van der Waals surface area contributed by atoms with Crippen LogP contribution < -0.4 is 0 Å². The summed E-state index contributed by atoms with van der Waals surface area (Å²) in [5, 5.41) is 0. The summed E-state index contributed by atoms with van der Waals surface area (Å²) < 4.78 is 0. The third kappa shape index (κ3) is 7.64. The van der Waals surface area contributed by atoms with Crippen molar-refractivity contribution in [2.45, 2.75) is 55.4 Å². The molecule has 0 aliphatic heterocycles. The molecule has 0 aliphatic rings. The van der Waals surface area contributed by atoms with Crippen molar-refractivity contribution in [2.75, 3.05) is 0 Å². The Morgan fingerprint density at radius 3 is 0.595 bits per heavy atom.